The molecule has 2 heteroatoms. The zero-order chi connectivity index (χ0) is 30.9. The molecule has 0 amide bonds. The minimum absolute atomic E-state index is 0.799. The highest BCUT2D eigenvalue weighted by molar-refractivity contribution is 6.22. The van der Waals surface area contributed by atoms with Crippen molar-refractivity contribution in [1.82, 2.24) is 0 Å². The summed E-state index contributed by atoms with van der Waals surface area (Å²) >= 11 is 0. The molecule has 2 nitrogen and oxygen atoms in total. The second-order valence-corrected chi connectivity index (χ2v) is 12.4. The molecule has 0 radical (unpaired) electrons. The van der Waals surface area contributed by atoms with Crippen LogP contribution in [0.3, 0.4) is 0 Å². The maximum absolute atomic E-state index is 6.64. The molecule has 0 atom stereocenters. The summed E-state index contributed by atoms with van der Waals surface area (Å²) in [5.41, 5.74) is 11.2. The van der Waals surface area contributed by atoms with Crippen molar-refractivity contribution in [1.29, 1.82) is 0 Å². The summed E-state index contributed by atoms with van der Waals surface area (Å²) < 4.78 is 12.9. The van der Waals surface area contributed by atoms with E-state index in [-0.39, 0.29) is 0 Å². The van der Waals surface area contributed by atoms with E-state index in [2.05, 4.69) is 133 Å². The standard InChI is InChI=1S/C45H28O2/c1-2-11-28(12-3-1)29-21-23-30(24-22-29)42-32-14-4-6-16-34(32)43(35-17-7-5-15-33(35)42)31-13-10-19-37-41(27-31)47-40-26-25-39-44(45(37)40)36-18-8-9-20-38(36)46-39/h1-12,14-27H,13H2. The van der Waals surface area contributed by atoms with Gasteiger partial charge in [0.05, 0.1) is 0 Å². The molecule has 0 saturated carbocycles. The fraction of sp³-hybridized carbons (Fsp3) is 0.0222. The molecular weight excluding hydrogens is 572 g/mol. The Morgan fingerprint density at radius 2 is 0.957 bits per heavy atom. The van der Waals surface area contributed by atoms with Crippen molar-refractivity contribution in [2.45, 2.75) is 6.42 Å². The molecule has 10 rings (SSSR count). The fourth-order valence-electron chi connectivity index (χ4n) is 7.66. The average molecular weight is 601 g/mol. The van der Waals surface area contributed by atoms with E-state index in [9.17, 15) is 0 Å². The quantitative estimate of drug-likeness (QED) is 0.189. The molecule has 0 spiro atoms. The molecule has 47 heavy (non-hydrogen) atoms. The lowest BCUT2D eigenvalue weighted by molar-refractivity contribution is 0.603. The van der Waals surface area contributed by atoms with Gasteiger partial charge in [-0.25, -0.2) is 0 Å². The maximum Gasteiger partial charge on any atom is 0.136 e. The van der Waals surface area contributed by atoms with Gasteiger partial charge in [-0.1, -0.05) is 133 Å². The monoisotopic (exact) mass is 600 g/mol. The number of para-hydroxylation sites is 1. The Hall–Kier alpha value is -6.12. The predicted molar refractivity (Wildman–Crippen MR) is 197 cm³/mol. The van der Waals surface area contributed by atoms with Crippen molar-refractivity contribution in [2.24, 2.45) is 0 Å². The van der Waals surface area contributed by atoms with Gasteiger partial charge in [0.2, 0.25) is 0 Å². The van der Waals surface area contributed by atoms with Crippen LogP contribution in [0.4, 0.5) is 0 Å². The molecule has 0 aliphatic heterocycles. The average Bonchev–Trinajstić information content (AvgIpc) is 3.60. The van der Waals surface area contributed by atoms with Gasteiger partial charge in [-0.15, -0.1) is 0 Å². The Balaban J connectivity index is 1.20. The van der Waals surface area contributed by atoms with Crippen LogP contribution in [0.25, 0.3) is 94.4 Å². The van der Waals surface area contributed by atoms with E-state index in [1.165, 1.54) is 54.9 Å². The molecule has 2 aromatic heterocycles. The molecule has 2 heterocycles. The van der Waals surface area contributed by atoms with Crippen LogP contribution in [-0.4, -0.2) is 0 Å². The second-order valence-electron chi connectivity index (χ2n) is 12.4. The third kappa shape index (κ3) is 3.98. The Kier molecular flexibility index (Phi) is 5.67. The summed E-state index contributed by atoms with van der Waals surface area (Å²) in [6, 6.07) is 49.6. The molecule has 0 N–H and O–H groups in total. The molecule has 9 aromatic rings. The van der Waals surface area contributed by atoms with E-state index in [1.807, 2.05) is 24.3 Å². The molecule has 1 aliphatic carbocycles. The van der Waals surface area contributed by atoms with E-state index in [0.717, 1.165) is 50.7 Å². The van der Waals surface area contributed by atoms with E-state index in [4.69, 9.17) is 8.83 Å². The van der Waals surface area contributed by atoms with Crippen LogP contribution in [0.15, 0.2) is 154 Å². The van der Waals surface area contributed by atoms with E-state index >= 15 is 0 Å². The smallest absolute Gasteiger partial charge is 0.136 e. The Morgan fingerprint density at radius 3 is 1.66 bits per heavy atom. The summed E-state index contributed by atoms with van der Waals surface area (Å²) in [6.45, 7) is 0. The fourth-order valence-corrected chi connectivity index (χ4v) is 7.66. The lowest BCUT2D eigenvalue weighted by atomic mass is 9.85. The highest BCUT2D eigenvalue weighted by atomic mass is 16.3. The highest BCUT2D eigenvalue weighted by Crippen LogP contribution is 2.46. The zero-order valence-electron chi connectivity index (χ0n) is 25.5. The first-order valence-electron chi connectivity index (χ1n) is 16.2. The summed E-state index contributed by atoms with van der Waals surface area (Å²) in [5.74, 6) is 0.885. The van der Waals surface area contributed by atoms with Crippen LogP contribution in [0.2, 0.25) is 0 Å². The SMILES string of the molecule is C1=Cc2c(oc3ccc4oc5ccccc5c4c23)C=C(c2c3ccccc3c(-c3ccc(-c4ccccc4)cc3)c3ccccc23)C1. The molecule has 0 bridgehead atoms. The Labute approximate surface area is 271 Å². The van der Waals surface area contributed by atoms with Crippen LogP contribution >= 0.6 is 0 Å². The summed E-state index contributed by atoms with van der Waals surface area (Å²) in [6.07, 6.45) is 7.59. The Bertz CT molecular complexity index is 2680. The Morgan fingerprint density at radius 1 is 0.404 bits per heavy atom. The minimum Gasteiger partial charge on any atom is -0.456 e. The van der Waals surface area contributed by atoms with Crippen LogP contribution in [0.1, 0.15) is 23.3 Å². The maximum atomic E-state index is 6.64. The second kappa shape index (κ2) is 10.2. The number of benzene rings is 7. The molecular formula is C45H28O2. The van der Waals surface area contributed by atoms with Crippen molar-refractivity contribution < 1.29 is 8.83 Å². The zero-order valence-corrected chi connectivity index (χ0v) is 25.5. The van der Waals surface area contributed by atoms with Gasteiger partial charge >= 0.3 is 0 Å². The largest absolute Gasteiger partial charge is 0.456 e. The topological polar surface area (TPSA) is 26.3 Å². The number of rotatable bonds is 3. The van der Waals surface area contributed by atoms with Crippen molar-refractivity contribution in [3.05, 3.63) is 162 Å². The van der Waals surface area contributed by atoms with Gasteiger partial charge < -0.3 is 8.83 Å². The number of fused-ring (bicyclic) bond motifs is 9. The van der Waals surface area contributed by atoms with E-state index in [0.29, 0.717) is 0 Å². The first-order valence-corrected chi connectivity index (χ1v) is 16.2. The van der Waals surface area contributed by atoms with Crippen LogP contribution in [0, 0.1) is 0 Å². The first kappa shape index (κ1) is 26.1. The molecule has 7 aromatic carbocycles. The lowest BCUT2D eigenvalue weighted by Gasteiger charge is -2.19. The lowest BCUT2D eigenvalue weighted by Crippen LogP contribution is -1.93. The van der Waals surface area contributed by atoms with Crippen LogP contribution in [0.5, 0.6) is 0 Å². The van der Waals surface area contributed by atoms with Crippen LogP contribution < -0.4 is 0 Å². The number of hydrogen-bond acceptors (Lipinski definition) is 2. The minimum atomic E-state index is 0.799. The molecule has 1 aliphatic rings. The third-order valence-corrected chi connectivity index (χ3v) is 9.72. The molecule has 0 saturated heterocycles. The first-order chi connectivity index (χ1) is 23.3. The van der Waals surface area contributed by atoms with Crippen molar-refractivity contribution in [2.75, 3.05) is 0 Å². The van der Waals surface area contributed by atoms with Gasteiger partial charge in [0.15, 0.2) is 0 Å². The molecule has 220 valence electrons. The van der Waals surface area contributed by atoms with E-state index in [1.54, 1.807) is 0 Å². The summed E-state index contributed by atoms with van der Waals surface area (Å²) in [5, 5.41) is 8.33. The summed E-state index contributed by atoms with van der Waals surface area (Å²) in [4.78, 5) is 0. The van der Waals surface area contributed by atoms with Crippen LogP contribution in [-0.2, 0) is 0 Å². The molecule has 0 unspecified atom stereocenters. The molecule has 0 fully saturated rings. The van der Waals surface area contributed by atoms with Gasteiger partial charge in [-0.3, -0.25) is 0 Å². The van der Waals surface area contributed by atoms with Gasteiger partial charge in [0.25, 0.3) is 0 Å². The van der Waals surface area contributed by atoms with Crippen molar-refractivity contribution >= 4 is 72.2 Å². The van der Waals surface area contributed by atoms with Gasteiger partial charge in [-0.2, -0.15) is 0 Å². The summed E-state index contributed by atoms with van der Waals surface area (Å²) in [7, 11) is 0. The highest BCUT2D eigenvalue weighted by Gasteiger charge is 2.22. The van der Waals surface area contributed by atoms with Crippen molar-refractivity contribution in [3.8, 4) is 22.3 Å². The van der Waals surface area contributed by atoms with Gasteiger partial charge in [-0.05, 0) is 85.6 Å². The predicted octanol–water partition coefficient (Wildman–Crippen LogP) is 12.9. The van der Waals surface area contributed by atoms with Crippen molar-refractivity contribution in [3.63, 3.8) is 0 Å². The normalized spacial score (nSPS) is 13.1. The van der Waals surface area contributed by atoms with Gasteiger partial charge in [0, 0.05) is 21.7 Å². The third-order valence-electron chi connectivity index (χ3n) is 9.72. The number of allylic oxidation sites excluding steroid dienone is 2. The van der Waals surface area contributed by atoms with E-state index < -0.39 is 0 Å². The number of hydrogen-bond donors (Lipinski definition) is 0. The number of furan rings is 2. The van der Waals surface area contributed by atoms with Gasteiger partial charge in [0.1, 0.15) is 22.5 Å².